The molecule has 0 fully saturated rings. The third kappa shape index (κ3) is 5.82. The Hall–Kier alpha value is -1.55. The van der Waals surface area contributed by atoms with Gasteiger partial charge in [-0.2, -0.15) is 0 Å². The minimum Gasteiger partial charge on any atom is -0.496 e. The Bertz CT molecular complexity index is 535. The third-order valence-electron chi connectivity index (χ3n) is 4.38. The highest BCUT2D eigenvalue weighted by Gasteiger charge is 2.26. The topological polar surface area (TPSA) is 55.8 Å². The van der Waals surface area contributed by atoms with Gasteiger partial charge in [-0.3, -0.25) is 4.79 Å². The molecule has 4 nitrogen and oxygen atoms in total. The summed E-state index contributed by atoms with van der Waals surface area (Å²) >= 11 is 0. The molecule has 0 heterocycles. The van der Waals surface area contributed by atoms with Gasteiger partial charge < -0.3 is 14.6 Å². The fourth-order valence-electron chi connectivity index (χ4n) is 3.05. The number of hydrogen-bond donors (Lipinski definition) is 1. The second-order valence-corrected chi connectivity index (χ2v) is 6.96. The van der Waals surface area contributed by atoms with E-state index in [1.54, 1.807) is 7.11 Å². The Morgan fingerprint density at radius 3 is 2.54 bits per heavy atom. The number of rotatable bonds is 10. The number of benzene rings is 1. The van der Waals surface area contributed by atoms with Crippen LogP contribution in [0.2, 0.25) is 0 Å². The zero-order valence-corrected chi connectivity index (χ0v) is 15.8. The molecule has 0 unspecified atom stereocenters. The summed E-state index contributed by atoms with van der Waals surface area (Å²) in [6, 6.07) is 4.04. The quantitative estimate of drug-likeness (QED) is 0.519. The zero-order chi connectivity index (χ0) is 18.2. The number of carbonyl (C=O) groups is 1. The van der Waals surface area contributed by atoms with Crippen molar-refractivity contribution in [3.8, 4) is 5.75 Å². The molecule has 0 bridgehead atoms. The average molecular weight is 336 g/mol. The van der Waals surface area contributed by atoms with E-state index in [0.29, 0.717) is 0 Å². The molecule has 0 aliphatic rings. The molecule has 0 aliphatic heterocycles. The van der Waals surface area contributed by atoms with E-state index in [0.717, 1.165) is 28.9 Å². The Morgan fingerprint density at radius 1 is 1.25 bits per heavy atom. The Labute approximate surface area is 146 Å². The van der Waals surface area contributed by atoms with Crippen LogP contribution in [0.5, 0.6) is 5.75 Å². The molecule has 1 N–H and O–H groups in total. The molecular formula is C20H32O4. The molecule has 1 rings (SSSR count). The molecule has 0 atom stereocenters. The lowest BCUT2D eigenvalue weighted by molar-refractivity contribution is -0.143. The van der Waals surface area contributed by atoms with Crippen LogP contribution in [0, 0.1) is 6.92 Å². The maximum Gasteiger partial charge on any atom is 0.310 e. The fraction of sp³-hybridized carbons (Fsp3) is 0.650. The Kier molecular flexibility index (Phi) is 8.26. The van der Waals surface area contributed by atoms with Crippen LogP contribution in [-0.2, 0) is 21.4 Å². The summed E-state index contributed by atoms with van der Waals surface area (Å²) in [6.45, 7) is 8.57. The smallest absolute Gasteiger partial charge is 0.310 e. The average Bonchev–Trinajstić information content (AvgIpc) is 2.52. The predicted octanol–water partition coefficient (Wildman–Crippen LogP) is 3.94. The molecule has 0 spiro atoms. The number of aliphatic hydroxyl groups is 1. The maximum atomic E-state index is 11.8. The van der Waals surface area contributed by atoms with Gasteiger partial charge in [0.1, 0.15) is 12.4 Å². The second kappa shape index (κ2) is 9.67. The molecule has 0 radical (unpaired) electrons. The molecule has 0 amide bonds. The molecule has 0 saturated carbocycles. The van der Waals surface area contributed by atoms with Crippen LogP contribution in [0.4, 0.5) is 0 Å². The lowest BCUT2D eigenvalue weighted by atomic mass is 9.78. The van der Waals surface area contributed by atoms with Crippen molar-refractivity contribution in [1.82, 2.24) is 0 Å². The summed E-state index contributed by atoms with van der Waals surface area (Å²) in [4.78, 5) is 11.8. The number of aliphatic hydroxyl groups excluding tert-OH is 1. The predicted molar refractivity (Wildman–Crippen MR) is 96.6 cm³/mol. The molecule has 136 valence electrons. The summed E-state index contributed by atoms with van der Waals surface area (Å²) < 4.78 is 10.6. The van der Waals surface area contributed by atoms with Crippen LogP contribution in [0.3, 0.4) is 0 Å². The number of ether oxygens (including phenoxy) is 2. The molecule has 1 aromatic carbocycles. The summed E-state index contributed by atoms with van der Waals surface area (Å²) in [6.07, 6.45) is 4.88. The van der Waals surface area contributed by atoms with Gasteiger partial charge >= 0.3 is 5.97 Å². The van der Waals surface area contributed by atoms with Crippen LogP contribution >= 0.6 is 0 Å². The minimum absolute atomic E-state index is 0.0176. The first-order valence-corrected chi connectivity index (χ1v) is 8.80. The number of carbonyl (C=O) groups excluding carboxylic acids is 1. The number of methoxy groups -OCH3 is 1. The zero-order valence-electron chi connectivity index (χ0n) is 15.8. The van der Waals surface area contributed by atoms with Gasteiger partial charge in [-0.05, 0) is 29.9 Å². The van der Waals surface area contributed by atoms with Gasteiger partial charge in [0.2, 0.25) is 0 Å². The molecule has 24 heavy (non-hydrogen) atoms. The van der Waals surface area contributed by atoms with Crippen LogP contribution in [-0.4, -0.2) is 31.4 Å². The standard InChI is InChI=1S/C20H32O4/c1-6-7-8-9-20(3,4)17-13-16(12-15(2)19(17)23-5)14-18(22)24-11-10-21/h12-13,21H,6-11,14H2,1-5H3. The molecule has 0 saturated heterocycles. The van der Waals surface area contributed by atoms with Crippen molar-refractivity contribution in [3.63, 3.8) is 0 Å². The highest BCUT2D eigenvalue weighted by atomic mass is 16.5. The van der Waals surface area contributed by atoms with Crippen molar-refractivity contribution in [2.45, 2.75) is 65.2 Å². The first-order chi connectivity index (χ1) is 11.4. The van der Waals surface area contributed by atoms with Crippen LogP contribution in [0.15, 0.2) is 12.1 Å². The van der Waals surface area contributed by atoms with Crippen molar-refractivity contribution in [2.75, 3.05) is 20.3 Å². The first-order valence-electron chi connectivity index (χ1n) is 8.80. The van der Waals surface area contributed by atoms with Crippen molar-refractivity contribution >= 4 is 5.97 Å². The summed E-state index contributed by atoms with van der Waals surface area (Å²) in [5.41, 5.74) is 3.08. The Morgan fingerprint density at radius 2 is 1.96 bits per heavy atom. The lowest BCUT2D eigenvalue weighted by Gasteiger charge is -2.29. The highest BCUT2D eigenvalue weighted by Crippen LogP contribution is 2.38. The van der Waals surface area contributed by atoms with E-state index < -0.39 is 0 Å². The second-order valence-electron chi connectivity index (χ2n) is 6.96. The van der Waals surface area contributed by atoms with Gasteiger partial charge in [0.05, 0.1) is 20.1 Å². The monoisotopic (exact) mass is 336 g/mol. The molecule has 0 aromatic heterocycles. The molecule has 4 heteroatoms. The summed E-state index contributed by atoms with van der Waals surface area (Å²) in [5, 5.41) is 8.75. The van der Waals surface area contributed by atoms with Crippen LogP contribution < -0.4 is 4.74 Å². The van der Waals surface area contributed by atoms with E-state index in [2.05, 4.69) is 26.8 Å². The summed E-state index contributed by atoms with van der Waals surface area (Å²) in [7, 11) is 1.70. The Balaban J connectivity index is 3.06. The van der Waals surface area contributed by atoms with E-state index >= 15 is 0 Å². The SMILES string of the molecule is CCCCCC(C)(C)c1cc(CC(=O)OCCO)cc(C)c1OC. The molecular weight excluding hydrogens is 304 g/mol. The van der Waals surface area contributed by atoms with Gasteiger partial charge in [0.25, 0.3) is 0 Å². The third-order valence-corrected chi connectivity index (χ3v) is 4.38. The number of esters is 1. The lowest BCUT2D eigenvalue weighted by Crippen LogP contribution is -2.20. The normalized spacial score (nSPS) is 11.4. The van der Waals surface area contributed by atoms with Crippen molar-refractivity contribution < 1.29 is 19.4 Å². The minimum atomic E-state index is -0.316. The maximum absolute atomic E-state index is 11.8. The molecule has 1 aromatic rings. The summed E-state index contributed by atoms with van der Waals surface area (Å²) in [5.74, 6) is 0.590. The molecule has 0 aliphatic carbocycles. The van der Waals surface area contributed by atoms with Crippen LogP contribution in [0.25, 0.3) is 0 Å². The van der Waals surface area contributed by atoms with Crippen molar-refractivity contribution in [3.05, 3.63) is 28.8 Å². The number of aryl methyl sites for hydroxylation is 1. The largest absolute Gasteiger partial charge is 0.496 e. The van der Waals surface area contributed by atoms with E-state index in [4.69, 9.17) is 14.6 Å². The highest BCUT2D eigenvalue weighted by molar-refractivity contribution is 5.73. The van der Waals surface area contributed by atoms with E-state index in [1.807, 2.05) is 13.0 Å². The van der Waals surface area contributed by atoms with Gasteiger partial charge in [0.15, 0.2) is 0 Å². The van der Waals surface area contributed by atoms with Gasteiger partial charge in [-0.15, -0.1) is 0 Å². The fourth-order valence-corrected chi connectivity index (χ4v) is 3.05. The number of hydrogen-bond acceptors (Lipinski definition) is 4. The van der Waals surface area contributed by atoms with Crippen LogP contribution in [0.1, 0.15) is 63.1 Å². The van der Waals surface area contributed by atoms with Gasteiger partial charge in [0, 0.05) is 5.56 Å². The van der Waals surface area contributed by atoms with Crippen molar-refractivity contribution in [1.29, 1.82) is 0 Å². The van der Waals surface area contributed by atoms with Crippen molar-refractivity contribution in [2.24, 2.45) is 0 Å². The number of unbranched alkanes of at least 4 members (excludes halogenated alkanes) is 2. The van der Waals surface area contributed by atoms with Gasteiger partial charge in [-0.1, -0.05) is 52.2 Å². The van der Waals surface area contributed by atoms with E-state index in [9.17, 15) is 4.79 Å². The van der Waals surface area contributed by atoms with E-state index in [1.165, 1.54) is 19.3 Å². The van der Waals surface area contributed by atoms with E-state index in [-0.39, 0.29) is 31.0 Å². The first kappa shape index (κ1) is 20.5. The van der Waals surface area contributed by atoms with Gasteiger partial charge in [-0.25, -0.2) is 0 Å².